The molecule has 29 heavy (non-hydrogen) atoms. The van der Waals surface area contributed by atoms with Crippen molar-refractivity contribution in [3.05, 3.63) is 35.9 Å². The highest BCUT2D eigenvalue weighted by Crippen LogP contribution is 2.24. The smallest absolute Gasteiger partial charge is 0.317 e. The van der Waals surface area contributed by atoms with E-state index in [2.05, 4.69) is 53.2 Å². The van der Waals surface area contributed by atoms with Crippen LogP contribution in [0.1, 0.15) is 51.5 Å². The molecule has 5 heteroatoms. The summed E-state index contributed by atoms with van der Waals surface area (Å²) in [5, 5.41) is 3.21. The van der Waals surface area contributed by atoms with Gasteiger partial charge in [0.25, 0.3) is 0 Å². The Bertz CT molecular complexity index is 593. The molecule has 1 aromatic rings. The molecule has 0 radical (unpaired) electrons. The van der Waals surface area contributed by atoms with E-state index >= 15 is 0 Å². The first kappa shape index (κ1) is 22.1. The topological polar surface area (TPSA) is 44.8 Å². The Hall–Kier alpha value is -1.59. The fourth-order valence-corrected chi connectivity index (χ4v) is 4.50. The Balaban J connectivity index is 1.54. The van der Waals surface area contributed by atoms with Gasteiger partial charge in [-0.1, -0.05) is 44.2 Å². The van der Waals surface area contributed by atoms with Crippen LogP contribution in [0.2, 0.25) is 0 Å². The molecular formula is C24H39N3O2. The van der Waals surface area contributed by atoms with E-state index in [-0.39, 0.29) is 6.03 Å². The molecule has 0 saturated carbocycles. The molecule has 1 N–H and O–H groups in total. The fourth-order valence-electron chi connectivity index (χ4n) is 4.50. The first-order valence-electron chi connectivity index (χ1n) is 11.5. The van der Waals surface area contributed by atoms with Gasteiger partial charge in [-0.2, -0.15) is 0 Å². The Labute approximate surface area is 176 Å². The van der Waals surface area contributed by atoms with Crippen molar-refractivity contribution in [3.8, 4) is 0 Å². The summed E-state index contributed by atoms with van der Waals surface area (Å²) in [4.78, 5) is 18.0. The van der Waals surface area contributed by atoms with Crippen LogP contribution in [0.25, 0.3) is 0 Å². The number of amides is 2. The Kier molecular flexibility index (Phi) is 8.81. The zero-order valence-electron chi connectivity index (χ0n) is 18.3. The number of carbonyl (C=O) groups excluding carboxylic acids is 1. The van der Waals surface area contributed by atoms with E-state index in [1.54, 1.807) is 0 Å². The molecule has 0 bridgehead atoms. The first-order chi connectivity index (χ1) is 14.1. The molecule has 2 aliphatic rings. The first-order valence-corrected chi connectivity index (χ1v) is 11.5. The Morgan fingerprint density at radius 3 is 2.41 bits per heavy atom. The average Bonchev–Trinajstić information content (AvgIpc) is 2.75. The maximum Gasteiger partial charge on any atom is 0.317 e. The van der Waals surface area contributed by atoms with Gasteiger partial charge in [-0.15, -0.1) is 0 Å². The molecule has 2 heterocycles. The lowest BCUT2D eigenvalue weighted by Crippen LogP contribution is -2.56. The Morgan fingerprint density at radius 2 is 1.76 bits per heavy atom. The standard InChI is InChI=1S/C24H39N3O2/c1-20(2)9-15-26-16-10-22(11-17-26)27(23-12-18-29-19-13-23)24(28)25-14-8-21-6-4-3-5-7-21/h3-7,20,22-23H,8-19H2,1-2H3,(H,25,28). The number of ether oxygens (including phenoxy) is 1. The number of carbonyl (C=O) groups is 1. The van der Waals surface area contributed by atoms with Crippen LogP contribution in [0.5, 0.6) is 0 Å². The largest absolute Gasteiger partial charge is 0.381 e. The number of likely N-dealkylation sites (tertiary alicyclic amines) is 1. The van der Waals surface area contributed by atoms with E-state index in [1.165, 1.54) is 18.5 Å². The van der Waals surface area contributed by atoms with Crippen LogP contribution in [0.3, 0.4) is 0 Å². The fraction of sp³-hybridized carbons (Fsp3) is 0.708. The average molecular weight is 402 g/mol. The molecule has 0 spiro atoms. The number of hydrogen-bond donors (Lipinski definition) is 1. The summed E-state index contributed by atoms with van der Waals surface area (Å²) in [5.74, 6) is 0.752. The van der Waals surface area contributed by atoms with Crippen LogP contribution in [-0.2, 0) is 11.2 Å². The summed E-state index contributed by atoms with van der Waals surface area (Å²) in [6.07, 6.45) is 6.22. The Morgan fingerprint density at radius 1 is 1.10 bits per heavy atom. The maximum atomic E-state index is 13.2. The minimum atomic E-state index is 0.119. The monoisotopic (exact) mass is 401 g/mol. The van der Waals surface area contributed by atoms with Gasteiger partial charge in [-0.05, 0) is 56.6 Å². The van der Waals surface area contributed by atoms with Gasteiger partial charge < -0.3 is 19.9 Å². The van der Waals surface area contributed by atoms with E-state index in [0.717, 1.165) is 64.3 Å². The van der Waals surface area contributed by atoms with E-state index < -0.39 is 0 Å². The van der Waals surface area contributed by atoms with Crippen molar-refractivity contribution in [2.45, 2.75) is 64.5 Å². The van der Waals surface area contributed by atoms with Gasteiger partial charge in [0.2, 0.25) is 0 Å². The number of piperidine rings is 1. The van der Waals surface area contributed by atoms with Crippen LogP contribution < -0.4 is 5.32 Å². The number of hydrogen-bond acceptors (Lipinski definition) is 3. The van der Waals surface area contributed by atoms with Crippen LogP contribution in [0.15, 0.2) is 30.3 Å². The van der Waals surface area contributed by atoms with Crippen molar-refractivity contribution in [3.63, 3.8) is 0 Å². The molecule has 0 aromatic heterocycles. The normalized spacial score (nSPS) is 19.4. The second kappa shape index (κ2) is 11.6. The predicted molar refractivity (Wildman–Crippen MR) is 118 cm³/mol. The van der Waals surface area contributed by atoms with Gasteiger partial charge in [-0.3, -0.25) is 0 Å². The molecule has 2 amide bonds. The third kappa shape index (κ3) is 7.00. The van der Waals surface area contributed by atoms with Crippen LogP contribution in [0, 0.1) is 5.92 Å². The second-order valence-corrected chi connectivity index (χ2v) is 8.97. The van der Waals surface area contributed by atoms with E-state index in [4.69, 9.17) is 4.74 Å². The molecule has 0 aliphatic carbocycles. The van der Waals surface area contributed by atoms with Crippen molar-refractivity contribution in [2.75, 3.05) is 39.4 Å². The zero-order chi connectivity index (χ0) is 20.5. The van der Waals surface area contributed by atoms with Crippen molar-refractivity contribution < 1.29 is 9.53 Å². The van der Waals surface area contributed by atoms with Crippen LogP contribution in [-0.4, -0.2) is 67.3 Å². The van der Waals surface area contributed by atoms with Crippen molar-refractivity contribution in [2.24, 2.45) is 5.92 Å². The molecular weight excluding hydrogens is 362 g/mol. The van der Waals surface area contributed by atoms with Gasteiger partial charge in [0.05, 0.1) is 0 Å². The van der Waals surface area contributed by atoms with Crippen molar-refractivity contribution in [1.82, 2.24) is 15.1 Å². The molecule has 0 atom stereocenters. The van der Waals surface area contributed by atoms with Gasteiger partial charge in [0.15, 0.2) is 0 Å². The number of urea groups is 1. The van der Waals surface area contributed by atoms with Crippen LogP contribution in [0.4, 0.5) is 4.79 Å². The van der Waals surface area contributed by atoms with Crippen molar-refractivity contribution >= 4 is 6.03 Å². The van der Waals surface area contributed by atoms with Crippen LogP contribution >= 0.6 is 0 Å². The molecule has 1 aromatic carbocycles. The lowest BCUT2D eigenvalue weighted by Gasteiger charge is -2.43. The number of benzene rings is 1. The highest BCUT2D eigenvalue weighted by atomic mass is 16.5. The molecule has 162 valence electrons. The molecule has 2 saturated heterocycles. The third-order valence-electron chi connectivity index (χ3n) is 6.32. The molecule has 2 aliphatic heterocycles. The maximum absolute atomic E-state index is 13.2. The number of nitrogens with one attached hydrogen (secondary N) is 1. The predicted octanol–water partition coefficient (Wildman–Crippen LogP) is 3.93. The van der Waals surface area contributed by atoms with Gasteiger partial charge in [0, 0.05) is 44.9 Å². The van der Waals surface area contributed by atoms with Gasteiger partial charge in [-0.25, -0.2) is 4.79 Å². The van der Waals surface area contributed by atoms with Crippen molar-refractivity contribution in [1.29, 1.82) is 0 Å². The lowest BCUT2D eigenvalue weighted by atomic mass is 9.98. The molecule has 5 nitrogen and oxygen atoms in total. The summed E-state index contributed by atoms with van der Waals surface area (Å²) < 4.78 is 5.56. The number of nitrogens with zero attached hydrogens (tertiary/aromatic N) is 2. The van der Waals surface area contributed by atoms with E-state index in [9.17, 15) is 4.79 Å². The summed E-state index contributed by atoms with van der Waals surface area (Å²) in [5.41, 5.74) is 1.27. The second-order valence-electron chi connectivity index (χ2n) is 8.97. The molecule has 3 rings (SSSR count). The molecule has 0 unspecified atom stereocenters. The quantitative estimate of drug-likeness (QED) is 0.718. The summed E-state index contributed by atoms with van der Waals surface area (Å²) >= 11 is 0. The van der Waals surface area contributed by atoms with Gasteiger partial charge >= 0.3 is 6.03 Å². The highest BCUT2D eigenvalue weighted by molar-refractivity contribution is 5.75. The minimum Gasteiger partial charge on any atom is -0.381 e. The van der Waals surface area contributed by atoms with Gasteiger partial charge in [0.1, 0.15) is 0 Å². The SMILES string of the molecule is CC(C)CCN1CCC(N(C(=O)NCCc2ccccc2)C2CCOCC2)CC1. The summed E-state index contributed by atoms with van der Waals surface area (Å²) in [6.45, 7) is 10.2. The highest BCUT2D eigenvalue weighted by Gasteiger charge is 2.33. The lowest BCUT2D eigenvalue weighted by molar-refractivity contribution is 0.0208. The zero-order valence-corrected chi connectivity index (χ0v) is 18.3. The summed E-state index contributed by atoms with van der Waals surface area (Å²) in [6, 6.07) is 11.2. The summed E-state index contributed by atoms with van der Waals surface area (Å²) in [7, 11) is 0. The van der Waals surface area contributed by atoms with E-state index in [0.29, 0.717) is 18.6 Å². The van der Waals surface area contributed by atoms with E-state index in [1.807, 2.05) is 6.07 Å². The number of rotatable bonds is 8. The minimum absolute atomic E-state index is 0.119. The molecule has 2 fully saturated rings. The third-order valence-corrected chi connectivity index (χ3v) is 6.32.